The van der Waals surface area contributed by atoms with Crippen LogP contribution in [0.2, 0.25) is 0 Å². The van der Waals surface area contributed by atoms with Crippen LogP contribution in [-0.4, -0.2) is 25.0 Å². The Bertz CT molecular complexity index is 409. The van der Waals surface area contributed by atoms with Crippen molar-refractivity contribution >= 4 is 17.2 Å². The van der Waals surface area contributed by atoms with Crippen LogP contribution in [0.5, 0.6) is 0 Å². The van der Waals surface area contributed by atoms with Crippen molar-refractivity contribution in [3.8, 4) is 0 Å². The van der Waals surface area contributed by atoms with Crippen molar-refractivity contribution < 1.29 is 0 Å². The van der Waals surface area contributed by atoms with Gasteiger partial charge in [0.15, 0.2) is 5.65 Å². The summed E-state index contributed by atoms with van der Waals surface area (Å²) in [4.78, 5) is 4.21. The maximum absolute atomic E-state index is 5.88. The first-order valence-corrected chi connectivity index (χ1v) is 4.48. The number of hydrogen-bond donors (Lipinski definition) is 0. The Labute approximate surface area is 80.6 Å². The van der Waals surface area contributed by atoms with E-state index >= 15 is 0 Å². The van der Waals surface area contributed by atoms with Crippen molar-refractivity contribution in [1.29, 1.82) is 0 Å². The molecule has 2 rings (SSSR count). The molecule has 13 heavy (non-hydrogen) atoms. The van der Waals surface area contributed by atoms with Crippen LogP contribution in [0, 0.1) is 0 Å². The smallest absolute Gasteiger partial charge is 0.182 e. The van der Waals surface area contributed by atoms with Gasteiger partial charge < -0.3 is 0 Å². The van der Waals surface area contributed by atoms with Gasteiger partial charge in [0, 0.05) is 24.2 Å². The molecule has 0 saturated heterocycles. The molecule has 1 atom stereocenters. The van der Waals surface area contributed by atoms with E-state index in [9.17, 15) is 0 Å². The van der Waals surface area contributed by atoms with Crippen LogP contribution in [0.1, 0.15) is 12.6 Å². The van der Waals surface area contributed by atoms with Gasteiger partial charge in [-0.2, -0.15) is 0 Å². The summed E-state index contributed by atoms with van der Waals surface area (Å²) in [5, 5.41) is 7.83. The summed E-state index contributed by atoms with van der Waals surface area (Å²) in [6.45, 7) is 1.93. The van der Waals surface area contributed by atoms with Gasteiger partial charge in [-0.05, 0) is 6.92 Å². The largest absolute Gasteiger partial charge is 0.286 e. The molecule has 0 fully saturated rings. The summed E-state index contributed by atoms with van der Waals surface area (Å²) in [5.74, 6) is 0. The van der Waals surface area contributed by atoms with Crippen LogP contribution < -0.4 is 0 Å². The Morgan fingerprint density at radius 3 is 3.23 bits per heavy atom. The van der Waals surface area contributed by atoms with Gasteiger partial charge in [-0.15, -0.1) is 21.8 Å². The molecule has 2 aromatic rings. The topological polar surface area (TPSA) is 43.1 Å². The van der Waals surface area contributed by atoms with Crippen LogP contribution in [-0.2, 0) is 6.42 Å². The van der Waals surface area contributed by atoms with E-state index in [2.05, 4.69) is 15.2 Å². The summed E-state index contributed by atoms with van der Waals surface area (Å²) >= 11 is 5.88. The molecule has 0 aromatic carbocycles. The molecule has 0 bridgehead atoms. The monoisotopic (exact) mass is 196 g/mol. The van der Waals surface area contributed by atoms with E-state index < -0.39 is 0 Å². The predicted molar refractivity (Wildman–Crippen MR) is 49.8 cm³/mol. The zero-order valence-corrected chi connectivity index (χ0v) is 7.94. The van der Waals surface area contributed by atoms with E-state index in [1.807, 2.05) is 17.5 Å². The highest BCUT2D eigenvalue weighted by molar-refractivity contribution is 6.20. The van der Waals surface area contributed by atoms with Crippen molar-refractivity contribution in [2.24, 2.45) is 0 Å². The molecular weight excluding hydrogens is 188 g/mol. The Balaban J connectivity index is 2.48. The lowest BCUT2D eigenvalue weighted by atomic mass is 10.2. The first kappa shape index (κ1) is 8.44. The highest BCUT2D eigenvalue weighted by Gasteiger charge is 2.07. The van der Waals surface area contributed by atoms with Crippen molar-refractivity contribution in [2.45, 2.75) is 18.7 Å². The molecule has 0 spiro atoms. The SMILES string of the molecule is CC(Cl)Cc1nccn2cnnc12. The van der Waals surface area contributed by atoms with Gasteiger partial charge in [0.1, 0.15) is 6.33 Å². The minimum Gasteiger partial charge on any atom is -0.286 e. The molecular formula is C8H9ClN4. The molecule has 2 heterocycles. The van der Waals surface area contributed by atoms with E-state index in [0.29, 0.717) is 6.42 Å². The van der Waals surface area contributed by atoms with Gasteiger partial charge >= 0.3 is 0 Å². The lowest BCUT2D eigenvalue weighted by Gasteiger charge is -2.02. The van der Waals surface area contributed by atoms with Gasteiger partial charge in [0.25, 0.3) is 0 Å². The average Bonchev–Trinajstić information content (AvgIpc) is 2.51. The molecule has 1 unspecified atom stereocenters. The second-order valence-electron chi connectivity index (χ2n) is 2.92. The molecule has 0 radical (unpaired) electrons. The van der Waals surface area contributed by atoms with E-state index in [4.69, 9.17) is 11.6 Å². The molecule has 0 aliphatic carbocycles. The van der Waals surface area contributed by atoms with E-state index in [1.165, 1.54) is 0 Å². The zero-order chi connectivity index (χ0) is 9.26. The van der Waals surface area contributed by atoms with Crippen molar-refractivity contribution in [1.82, 2.24) is 19.6 Å². The zero-order valence-electron chi connectivity index (χ0n) is 7.18. The van der Waals surface area contributed by atoms with Crippen LogP contribution in [0.25, 0.3) is 5.65 Å². The number of halogens is 1. The lowest BCUT2D eigenvalue weighted by Crippen LogP contribution is -2.02. The number of alkyl halides is 1. The number of fused-ring (bicyclic) bond motifs is 1. The summed E-state index contributed by atoms with van der Waals surface area (Å²) in [5.41, 5.74) is 1.68. The third-order valence-electron chi connectivity index (χ3n) is 1.76. The van der Waals surface area contributed by atoms with Gasteiger partial charge in [-0.25, -0.2) is 0 Å². The Morgan fingerprint density at radius 1 is 1.62 bits per heavy atom. The van der Waals surface area contributed by atoms with Crippen LogP contribution in [0.3, 0.4) is 0 Å². The highest BCUT2D eigenvalue weighted by Crippen LogP contribution is 2.09. The van der Waals surface area contributed by atoms with Gasteiger partial charge in [0.2, 0.25) is 0 Å². The minimum absolute atomic E-state index is 0.0652. The summed E-state index contributed by atoms with van der Waals surface area (Å²) < 4.78 is 1.83. The quantitative estimate of drug-likeness (QED) is 0.680. The fraction of sp³-hybridized carbons (Fsp3) is 0.375. The predicted octanol–water partition coefficient (Wildman–Crippen LogP) is 1.29. The molecule has 2 aromatic heterocycles. The third kappa shape index (κ3) is 1.62. The maximum Gasteiger partial charge on any atom is 0.182 e. The summed E-state index contributed by atoms with van der Waals surface area (Å²) in [7, 11) is 0. The number of hydrogen-bond acceptors (Lipinski definition) is 3. The normalized spacial score (nSPS) is 13.4. The Kier molecular flexibility index (Phi) is 2.14. The number of aromatic nitrogens is 4. The van der Waals surface area contributed by atoms with Crippen molar-refractivity contribution in [3.05, 3.63) is 24.4 Å². The van der Waals surface area contributed by atoms with Gasteiger partial charge in [0.05, 0.1) is 5.69 Å². The molecule has 0 amide bonds. The Morgan fingerprint density at radius 2 is 2.46 bits per heavy atom. The van der Waals surface area contributed by atoms with Gasteiger partial charge in [-0.1, -0.05) is 0 Å². The molecule has 0 N–H and O–H groups in total. The Hall–Kier alpha value is -1.16. The number of nitrogens with zero attached hydrogens (tertiary/aromatic N) is 4. The summed E-state index contributed by atoms with van der Waals surface area (Å²) in [6.07, 6.45) is 5.91. The molecule has 0 aliphatic heterocycles. The molecule has 5 heteroatoms. The maximum atomic E-state index is 5.88. The fourth-order valence-corrected chi connectivity index (χ4v) is 1.37. The average molecular weight is 197 g/mol. The molecule has 4 nitrogen and oxygen atoms in total. The second-order valence-corrected chi connectivity index (χ2v) is 3.67. The fourth-order valence-electron chi connectivity index (χ4n) is 1.22. The molecule has 0 saturated carbocycles. The van der Waals surface area contributed by atoms with E-state index in [-0.39, 0.29) is 5.38 Å². The second kappa shape index (κ2) is 3.30. The molecule has 68 valence electrons. The van der Waals surface area contributed by atoms with Crippen molar-refractivity contribution in [2.75, 3.05) is 0 Å². The number of rotatable bonds is 2. The van der Waals surface area contributed by atoms with Crippen LogP contribution in [0.4, 0.5) is 0 Å². The lowest BCUT2D eigenvalue weighted by molar-refractivity contribution is 0.881. The van der Waals surface area contributed by atoms with E-state index in [0.717, 1.165) is 11.3 Å². The third-order valence-corrected chi connectivity index (χ3v) is 1.92. The highest BCUT2D eigenvalue weighted by atomic mass is 35.5. The minimum atomic E-state index is 0.0652. The summed E-state index contributed by atoms with van der Waals surface area (Å²) in [6, 6.07) is 0. The first-order chi connectivity index (χ1) is 6.27. The van der Waals surface area contributed by atoms with Crippen molar-refractivity contribution in [3.63, 3.8) is 0 Å². The van der Waals surface area contributed by atoms with Crippen LogP contribution >= 0.6 is 11.6 Å². The van der Waals surface area contributed by atoms with E-state index in [1.54, 1.807) is 12.5 Å². The standard InChI is InChI=1S/C8H9ClN4/c1-6(9)4-7-8-12-11-5-13(8)3-2-10-7/h2-3,5-6H,4H2,1H3. The van der Waals surface area contributed by atoms with Gasteiger partial charge in [-0.3, -0.25) is 9.38 Å². The van der Waals surface area contributed by atoms with Crippen LogP contribution in [0.15, 0.2) is 18.7 Å². The first-order valence-electron chi connectivity index (χ1n) is 4.04. The molecule has 0 aliphatic rings.